The molecule has 0 amide bonds. The van der Waals surface area contributed by atoms with Crippen LogP contribution in [0.2, 0.25) is 0 Å². The minimum absolute atomic E-state index is 0.120. The maximum Gasteiger partial charge on any atom is 0.227 e. The summed E-state index contributed by atoms with van der Waals surface area (Å²) >= 11 is 0. The highest BCUT2D eigenvalue weighted by atomic mass is 16.5. The average Bonchev–Trinajstić information content (AvgIpc) is 2.84. The summed E-state index contributed by atoms with van der Waals surface area (Å²) in [5, 5.41) is 3.38. The van der Waals surface area contributed by atoms with Gasteiger partial charge >= 0.3 is 0 Å². The molecule has 0 bridgehead atoms. The number of carbonyl (C=O) groups is 1. The Morgan fingerprint density at radius 2 is 1.61 bits per heavy atom. The molecule has 7 nitrogen and oxygen atoms in total. The fraction of sp³-hybridized carbons (Fsp3) is 0.346. The number of methoxy groups -OCH3 is 1. The van der Waals surface area contributed by atoms with E-state index in [1.807, 2.05) is 48.5 Å². The Hall–Kier alpha value is -3.61. The largest absolute Gasteiger partial charge is 0.495 e. The Kier molecular flexibility index (Phi) is 5.86. The number of ether oxygens (including phenoxy) is 1. The summed E-state index contributed by atoms with van der Waals surface area (Å²) in [7, 11) is 1.71. The molecule has 1 unspecified atom stereocenters. The summed E-state index contributed by atoms with van der Waals surface area (Å²) in [5.41, 5.74) is 3.52. The molecule has 2 aromatic carbocycles. The number of fused-ring (bicyclic) bond motifs is 1. The van der Waals surface area contributed by atoms with Gasteiger partial charge in [0.1, 0.15) is 11.6 Å². The van der Waals surface area contributed by atoms with Crippen LogP contribution < -0.4 is 19.9 Å². The van der Waals surface area contributed by atoms with E-state index in [0.717, 1.165) is 55.4 Å². The third-order valence-corrected chi connectivity index (χ3v) is 6.35. The number of anilines is 4. The van der Waals surface area contributed by atoms with Crippen LogP contribution in [0.3, 0.4) is 0 Å². The molecule has 33 heavy (non-hydrogen) atoms. The van der Waals surface area contributed by atoms with Gasteiger partial charge in [-0.3, -0.25) is 4.79 Å². The Balaban J connectivity index is 1.42. The molecule has 2 aliphatic rings. The van der Waals surface area contributed by atoms with E-state index in [0.29, 0.717) is 29.7 Å². The molecule has 5 rings (SSSR count). The number of piperazine rings is 1. The lowest BCUT2D eigenvalue weighted by Crippen LogP contribution is -2.47. The van der Waals surface area contributed by atoms with Gasteiger partial charge in [-0.1, -0.05) is 37.3 Å². The molecular formula is C26H29N5O2. The van der Waals surface area contributed by atoms with Gasteiger partial charge < -0.3 is 19.9 Å². The van der Waals surface area contributed by atoms with Crippen molar-refractivity contribution >= 4 is 28.9 Å². The molecule has 1 aliphatic heterocycles. The zero-order valence-corrected chi connectivity index (χ0v) is 19.1. The second-order valence-electron chi connectivity index (χ2n) is 8.77. The summed E-state index contributed by atoms with van der Waals surface area (Å²) < 4.78 is 5.54. The molecule has 0 radical (unpaired) electrons. The van der Waals surface area contributed by atoms with Gasteiger partial charge in [-0.25, -0.2) is 4.98 Å². The Morgan fingerprint density at radius 3 is 2.36 bits per heavy atom. The van der Waals surface area contributed by atoms with Crippen molar-refractivity contribution in [3.05, 3.63) is 65.9 Å². The molecule has 3 aromatic rings. The quantitative estimate of drug-likeness (QED) is 0.630. The first-order valence-electron chi connectivity index (χ1n) is 11.5. The number of aromatic nitrogens is 2. The van der Waals surface area contributed by atoms with Crippen molar-refractivity contribution in [3.8, 4) is 5.75 Å². The molecule has 7 heteroatoms. The SMILES string of the molecule is COc1ccccc1N1CCN(c2nc3c(c(Nc4ccccc4)n2)C(=O)CC(C)C3)CC1. The van der Waals surface area contributed by atoms with Crippen molar-refractivity contribution in [2.75, 3.05) is 48.4 Å². The highest BCUT2D eigenvalue weighted by molar-refractivity contribution is 6.03. The third kappa shape index (κ3) is 4.35. The first-order chi connectivity index (χ1) is 16.1. The fourth-order valence-corrected chi connectivity index (χ4v) is 4.68. The molecule has 0 spiro atoms. The molecule has 1 aliphatic carbocycles. The van der Waals surface area contributed by atoms with Crippen LogP contribution in [-0.4, -0.2) is 49.0 Å². The van der Waals surface area contributed by atoms with Gasteiger partial charge in [0, 0.05) is 38.3 Å². The lowest BCUT2D eigenvalue weighted by Gasteiger charge is -2.37. The smallest absolute Gasteiger partial charge is 0.227 e. The van der Waals surface area contributed by atoms with Crippen LogP contribution in [0.15, 0.2) is 54.6 Å². The lowest BCUT2D eigenvalue weighted by molar-refractivity contribution is 0.0952. The number of para-hydroxylation sites is 3. The molecule has 0 saturated carbocycles. The highest BCUT2D eigenvalue weighted by Crippen LogP contribution is 2.33. The molecule has 1 fully saturated rings. The van der Waals surface area contributed by atoms with Crippen molar-refractivity contribution in [1.82, 2.24) is 9.97 Å². The maximum absolute atomic E-state index is 12.9. The van der Waals surface area contributed by atoms with Gasteiger partial charge in [0.25, 0.3) is 0 Å². The molecule has 170 valence electrons. The van der Waals surface area contributed by atoms with Crippen molar-refractivity contribution in [1.29, 1.82) is 0 Å². The van der Waals surface area contributed by atoms with E-state index >= 15 is 0 Å². The van der Waals surface area contributed by atoms with Crippen molar-refractivity contribution < 1.29 is 9.53 Å². The minimum Gasteiger partial charge on any atom is -0.495 e. The van der Waals surface area contributed by atoms with E-state index in [1.165, 1.54) is 0 Å². The fourth-order valence-electron chi connectivity index (χ4n) is 4.68. The van der Waals surface area contributed by atoms with E-state index in [9.17, 15) is 4.79 Å². The van der Waals surface area contributed by atoms with Gasteiger partial charge in [-0.2, -0.15) is 4.98 Å². The molecular weight excluding hydrogens is 414 g/mol. The predicted molar refractivity (Wildman–Crippen MR) is 131 cm³/mol. The Labute approximate surface area is 194 Å². The number of carbonyl (C=O) groups excluding carboxylic acids is 1. The van der Waals surface area contributed by atoms with Crippen LogP contribution in [0.25, 0.3) is 0 Å². The zero-order valence-electron chi connectivity index (χ0n) is 19.1. The van der Waals surface area contributed by atoms with E-state index in [4.69, 9.17) is 14.7 Å². The van der Waals surface area contributed by atoms with E-state index in [-0.39, 0.29) is 5.78 Å². The van der Waals surface area contributed by atoms with E-state index in [1.54, 1.807) is 7.11 Å². The first-order valence-corrected chi connectivity index (χ1v) is 11.5. The van der Waals surface area contributed by atoms with Crippen molar-refractivity contribution in [2.45, 2.75) is 19.8 Å². The Bertz CT molecular complexity index is 1140. The number of hydrogen-bond donors (Lipinski definition) is 1. The second kappa shape index (κ2) is 9.10. The number of ketones is 1. The monoisotopic (exact) mass is 443 g/mol. The number of rotatable bonds is 5. The van der Waals surface area contributed by atoms with Gasteiger partial charge in [-0.15, -0.1) is 0 Å². The van der Waals surface area contributed by atoms with Crippen molar-refractivity contribution in [3.63, 3.8) is 0 Å². The molecule has 1 N–H and O–H groups in total. The molecule has 1 atom stereocenters. The normalized spacial score (nSPS) is 18.1. The summed E-state index contributed by atoms with van der Waals surface area (Å²) in [6, 6.07) is 18.0. The second-order valence-corrected chi connectivity index (χ2v) is 8.77. The highest BCUT2D eigenvalue weighted by Gasteiger charge is 2.30. The number of hydrogen-bond acceptors (Lipinski definition) is 7. The van der Waals surface area contributed by atoms with Crippen LogP contribution in [0.5, 0.6) is 5.75 Å². The molecule has 2 heterocycles. The molecule has 1 saturated heterocycles. The topological polar surface area (TPSA) is 70.6 Å². The van der Waals surface area contributed by atoms with Gasteiger partial charge in [0.15, 0.2) is 5.78 Å². The standard InChI is InChI=1S/C26H29N5O2/c1-18-16-20-24(22(32)17-18)25(27-19-8-4-3-5-9-19)29-26(28-20)31-14-12-30(13-15-31)21-10-6-7-11-23(21)33-2/h3-11,18H,12-17H2,1-2H3,(H,27,28,29). The summed E-state index contributed by atoms with van der Waals surface area (Å²) in [5.74, 6) is 2.60. The number of nitrogens with one attached hydrogen (secondary N) is 1. The van der Waals surface area contributed by atoms with Gasteiger partial charge in [-0.05, 0) is 36.6 Å². The first kappa shape index (κ1) is 21.2. The van der Waals surface area contributed by atoms with Crippen LogP contribution >= 0.6 is 0 Å². The summed E-state index contributed by atoms with van der Waals surface area (Å²) in [6.07, 6.45) is 1.33. The zero-order chi connectivity index (χ0) is 22.8. The summed E-state index contributed by atoms with van der Waals surface area (Å²) in [4.78, 5) is 27.2. The van der Waals surface area contributed by atoms with Gasteiger partial charge in [0.2, 0.25) is 5.95 Å². The maximum atomic E-state index is 12.9. The Morgan fingerprint density at radius 1 is 0.909 bits per heavy atom. The molecule has 1 aromatic heterocycles. The average molecular weight is 444 g/mol. The van der Waals surface area contributed by atoms with Crippen molar-refractivity contribution in [2.24, 2.45) is 5.92 Å². The van der Waals surface area contributed by atoms with E-state index in [2.05, 4.69) is 28.1 Å². The van der Waals surface area contributed by atoms with Gasteiger partial charge in [0.05, 0.1) is 24.1 Å². The number of nitrogens with zero attached hydrogens (tertiary/aromatic N) is 4. The predicted octanol–water partition coefficient (Wildman–Crippen LogP) is 4.32. The lowest BCUT2D eigenvalue weighted by atomic mass is 9.87. The number of Topliss-reactive ketones (excluding diaryl/α,β-unsaturated/α-hetero) is 1. The van der Waals surface area contributed by atoms with Crippen LogP contribution in [0.4, 0.5) is 23.1 Å². The number of benzene rings is 2. The van der Waals surface area contributed by atoms with Crippen LogP contribution in [0, 0.1) is 5.92 Å². The van der Waals surface area contributed by atoms with Crippen LogP contribution in [-0.2, 0) is 6.42 Å². The summed E-state index contributed by atoms with van der Waals surface area (Å²) in [6.45, 7) is 5.39. The van der Waals surface area contributed by atoms with Crippen LogP contribution in [0.1, 0.15) is 29.4 Å². The third-order valence-electron chi connectivity index (χ3n) is 6.35. The van der Waals surface area contributed by atoms with E-state index < -0.39 is 0 Å². The minimum atomic E-state index is 0.120.